The molecular weight excluding hydrogens is 356 g/mol. The Morgan fingerprint density at radius 3 is 2.50 bits per heavy atom. The van der Waals surface area contributed by atoms with Gasteiger partial charge in [-0.05, 0) is 0 Å². The van der Waals surface area contributed by atoms with Crippen LogP contribution in [0, 0.1) is 0 Å². The molecule has 2 amide bonds. The minimum atomic E-state index is -0.220. The summed E-state index contributed by atoms with van der Waals surface area (Å²) in [5.74, 6) is 0.413. The summed E-state index contributed by atoms with van der Waals surface area (Å²) in [5.41, 5.74) is 2.66. The van der Waals surface area contributed by atoms with E-state index in [-0.39, 0.29) is 11.8 Å². The van der Waals surface area contributed by atoms with Gasteiger partial charge in [-0.25, -0.2) is 15.0 Å². The Kier molecular flexibility index (Phi) is 4.84. The van der Waals surface area contributed by atoms with Crippen LogP contribution in [-0.4, -0.2) is 56.4 Å². The van der Waals surface area contributed by atoms with Crippen molar-refractivity contribution < 1.29 is 9.59 Å². The Morgan fingerprint density at radius 2 is 1.79 bits per heavy atom. The first-order valence-corrected chi connectivity index (χ1v) is 9.10. The zero-order chi connectivity index (χ0) is 19.5. The third kappa shape index (κ3) is 3.24. The third-order valence-electron chi connectivity index (χ3n) is 4.85. The number of carbonyl (C=O) groups excluding carboxylic acids is 2. The summed E-state index contributed by atoms with van der Waals surface area (Å²) in [4.78, 5) is 39.5. The van der Waals surface area contributed by atoms with Crippen molar-refractivity contribution >= 4 is 11.8 Å². The van der Waals surface area contributed by atoms with Crippen LogP contribution in [0.1, 0.15) is 26.5 Å². The average molecular weight is 376 g/mol. The minimum absolute atomic E-state index is 0.109. The molecule has 0 atom stereocenters. The van der Waals surface area contributed by atoms with Crippen molar-refractivity contribution in [2.75, 3.05) is 20.1 Å². The highest BCUT2D eigenvalue weighted by molar-refractivity contribution is 5.95. The van der Waals surface area contributed by atoms with E-state index < -0.39 is 0 Å². The number of nitrogens with one attached hydrogen (secondary N) is 1. The van der Waals surface area contributed by atoms with Crippen LogP contribution in [0.4, 0.5) is 0 Å². The van der Waals surface area contributed by atoms with Crippen LogP contribution in [-0.2, 0) is 13.0 Å². The molecule has 1 N–H and O–H groups in total. The van der Waals surface area contributed by atoms with Gasteiger partial charge in [0, 0.05) is 51.1 Å². The molecule has 0 fully saturated rings. The second-order valence-corrected chi connectivity index (χ2v) is 6.50. The Bertz CT molecular complexity index is 1000. The van der Waals surface area contributed by atoms with E-state index in [4.69, 9.17) is 0 Å². The van der Waals surface area contributed by atoms with Gasteiger partial charge in [-0.2, -0.15) is 0 Å². The van der Waals surface area contributed by atoms with Crippen LogP contribution in [0.15, 0.2) is 49.1 Å². The molecule has 142 valence electrons. The molecule has 4 rings (SSSR count). The third-order valence-corrected chi connectivity index (χ3v) is 4.85. The minimum Gasteiger partial charge on any atom is -0.354 e. The van der Waals surface area contributed by atoms with Gasteiger partial charge >= 0.3 is 0 Å². The predicted molar refractivity (Wildman–Crippen MR) is 103 cm³/mol. The summed E-state index contributed by atoms with van der Waals surface area (Å²) < 4.78 is 2.05. The lowest BCUT2D eigenvalue weighted by Crippen LogP contribution is -2.34. The van der Waals surface area contributed by atoms with E-state index in [0.717, 1.165) is 17.1 Å². The van der Waals surface area contributed by atoms with E-state index in [0.29, 0.717) is 37.3 Å². The highest BCUT2D eigenvalue weighted by atomic mass is 16.2. The van der Waals surface area contributed by atoms with E-state index in [1.807, 2.05) is 30.3 Å². The number of imidazole rings is 1. The summed E-state index contributed by atoms with van der Waals surface area (Å²) in [6.07, 6.45) is 4.99. The maximum atomic E-state index is 12.8. The lowest BCUT2D eigenvalue weighted by molar-refractivity contribution is 0.0758. The zero-order valence-corrected chi connectivity index (χ0v) is 15.5. The zero-order valence-electron chi connectivity index (χ0n) is 15.5. The van der Waals surface area contributed by atoms with Crippen molar-refractivity contribution in [3.05, 3.63) is 66.0 Å². The molecule has 8 heteroatoms. The smallest absolute Gasteiger partial charge is 0.271 e. The maximum Gasteiger partial charge on any atom is 0.271 e. The molecule has 0 bridgehead atoms. The number of carbonyl (C=O) groups is 2. The van der Waals surface area contributed by atoms with E-state index in [1.165, 1.54) is 18.7 Å². The standard InChI is InChI=1S/C20H20N6O2/c1-21-19(27)17-16-7-8-25(20(28)15-11-22-13-23-12-15)9-10-26(16)18(24-17)14-5-3-2-4-6-14/h2-6,11-13H,7-10H2,1H3,(H,21,27). The van der Waals surface area contributed by atoms with Crippen molar-refractivity contribution in [3.8, 4) is 11.4 Å². The van der Waals surface area contributed by atoms with Gasteiger partial charge in [0.1, 0.15) is 17.8 Å². The normalized spacial score (nSPS) is 13.5. The second-order valence-electron chi connectivity index (χ2n) is 6.50. The number of rotatable bonds is 3. The van der Waals surface area contributed by atoms with E-state index in [2.05, 4.69) is 24.8 Å². The molecule has 1 aliphatic rings. The van der Waals surface area contributed by atoms with Crippen molar-refractivity contribution in [1.29, 1.82) is 0 Å². The predicted octanol–water partition coefficient (Wildman–Crippen LogP) is 1.40. The van der Waals surface area contributed by atoms with Gasteiger partial charge in [-0.3, -0.25) is 9.59 Å². The number of aromatic nitrogens is 4. The van der Waals surface area contributed by atoms with Crippen LogP contribution in [0.2, 0.25) is 0 Å². The molecule has 2 aromatic heterocycles. The maximum absolute atomic E-state index is 12.8. The average Bonchev–Trinajstić information content (AvgIpc) is 2.98. The van der Waals surface area contributed by atoms with E-state index in [1.54, 1.807) is 11.9 Å². The number of nitrogens with zero attached hydrogens (tertiary/aromatic N) is 5. The first kappa shape index (κ1) is 17.8. The van der Waals surface area contributed by atoms with Crippen LogP contribution in [0.3, 0.4) is 0 Å². The Morgan fingerprint density at radius 1 is 1.04 bits per heavy atom. The van der Waals surface area contributed by atoms with Crippen LogP contribution in [0.25, 0.3) is 11.4 Å². The summed E-state index contributed by atoms with van der Waals surface area (Å²) in [6, 6.07) is 9.77. The fourth-order valence-electron chi connectivity index (χ4n) is 3.46. The monoisotopic (exact) mass is 376 g/mol. The quantitative estimate of drug-likeness (QED) is 0.746. The molecule has 0 radical (unpaired) electrons. The highest BCUT2D eigenvalue weighted by Crippen LogP contribution is 2.25. The summed E-state index contributed by atoms with van der Waals surface area (Å²) in [6.45, 7) is 1.57. The first-order chi connectivity index (χ1) is 13.7. The molecule has 0 saturated heterocycles. The molecule has 3 heterocycles. The topological polar surface area (TPSA) is 93.0 Å². The van der Waals surface area contributed by atoms with Gasteiger partial charge < -0.3 is 14.8 Å². The fourth-order valence-corrected chi connectivity index (χ4v) is 3.46. The number of hydrogen-bond acceptors (Lipinski definition) is 5. The van der Waals surface area contributed by atoms with Gasteiger partial charge in [-0.1, -0.05) is 30.3 Å². The van der Waals surface area contributed by atoms with Gasteiger partial charge in [0.05, 0.1) is 11.3 Å². The molecule has 0 spiro atoms. The molecular formula is C20H20N6O2. The Hall–Kier alpha value is -3.55. The van der Waals surface area contributed by atoms with Gasteiger partial charge in [0.25, 0.3) is 11.8 Å². The summed E-state index contributed by atoms with van der Waals surface area (Å²) in [5, 5.41) is 2.66. The Labute approximate surface area is 162 Å². The highest BCUT2D eigenvalue weighted by Gasteiger charge is 2.27. The van der Waals surface area contributed by atoms with Gasteiger partial charge in [0.15, 0.2) is 0 Å². The molecule has 3 aromatic rings. The van der Waals surface area contributed by atoms with Gasteiger partial charge in [-0.15, -0.1) is 0 Å². The van der Waals surface area contributed by atoms with Crippen molar-refractivity contribution in [2.45, 2.75) is 13.0 Å². The number of amides is 2. The largest absolute Gasteiger partial charge is 0.354 e. The molecule has 0 saturated carbocycles. The van der Waals surface area contributed by atoms with E-state index in [9.17, 15) is 9.59 Å². The number of hydrogen-bond donors (Lipinski definition) is 1. The van der Waals surface area contributed by atoms with Crippen LogP contribution >= 0.6 is 0 Å². The lowest BCUT2D eigenvalue weighted by atomic mass is 10.2. The number of benzene rings is 1. The molecule has 8 nitrogen and oxygen atoms in total. The van der Waals surface area contributed by atoms with Crippen LogP contribution in [0.5, 0.6) is 0 Å². The Balaban J connectivity index is 1.69. The lowest BCUT2D eigenvalue weighted by Gasteiger charge is -2.20. The fraction of sp³-hybridized carbons (Fsp3) is 0.250. The molecule has 1 aromatic carbocycles. The molecule has 0 aliphatic carbocycles. The van der Waals surface area contributed by atoms with E-state index >= 15 is 0 Å². The summed E-state index contributed by atoms with van der Waals surface area (Å²) >= 11 is 0. The molecule has 0 unspecified atom stereocenters. The van der Waals surface area contributed by atoms with Crippen LogP contribution < -0.4 is 5.32 Å². The first-order valence-electron chi connectivity index (χ1n) is 9.10. The second kappa shape index (κ2) is 7.59. The number of fused-ring (bicyclic) bond motifs is 1. The van der Waals surface area contributed by atoms with Crippen molar-refractivity contribution in [3.63, 3.8) is 0 Å². The van der Waals surface area contributed by atoms with Gasteiger partial charge in [0.2, 0.25) is 0 Å². The molecule has 1 aliphatic heterocycles. The SMILES string of the molecule is CNC(=O)c1nc(-c2ccccc2)n2c1CCN(C(=O)c1cncnc1)CC2. The molecule has 28 heavy (non-hydrogen) atoms. The van der Waals surface area contributed by atoms with Crippen molar-refractivity contribution in [2.24, 2.45) is 0 Å². The summed E-state index contributed by atoms with van der Waals surface area (Å²) in [7, 11) is 1.60. The van der Waals surface area contributed by atoms with Crippen molar-refractivity contribution in [1.82, 2.24) is 29.7 Å².